The fourth-order valence-electron chi connectivity index (χ4n) is 1.89. The molecule has 1 aromatic heterocycles. The lowest BCUT2D eigenvalue weighted by Crippen LogP contribution is -2.12. The van der Waals surface area contributed by atoms with Gasteiger partial charge in [-0.1, -0.05) is 0 Å². The summed E-state index contributed by atoms with van der Waals surface area (Å²) < 4.78 is 18.6. The molecule has 1 aromatic carbocycles. The molecule has 1 N–H and O–H groups in total. The van der Waals surface area contributed by atoms with Crippen LogP contribution in [0.15, 0.2) is 23.6 Å². The van der Waals surface area contributed by atoms with Crippen LogP contribution >= 0.6 is 11.3 Å². The third kappa shape index (κ3) is 2.65. The van der Waals surface area contributed by atoms with Crippen LogP contribution < -0.4 is 10.1 Å². The van der Waals surface area contributed by atoms with Crippen LogP contribution in [0.1, 0.15) is 12.8 Å². The number of rotatable bonds is 4. The maximum atomic E-state index is 13.4. The molecule has 0 radical (unpaired) electrons. The first-order valence-electron chi connectivity index (χ1n) is 6.27. The standard InChI is InChI=1S/C14H13FN2O2S/c1-19-12-5-4-9(15)6-10(12)11-7-20-14(16-11)17-13(18)8-2-3-8/h4-8H,2-3H2,1H3,(H,16,17,18). The van der Waals surface area contributed by atoms with E-state index in [1.165, 1.54) is 30.6 Å². The number of carbonyl (C=O) groups excluding carboxylic acids is 1. The molecule has 0 spiro atoms. The van der Waals surface area contributed by atoms with E-state index in [0.717, 1.165) is 12.8 Å². The number of ether oxygens (including phenoxy) is 1. The predicted octanol–water partition coefficient (Wildman–Crippen LogP) is 3.31. The van der Waals surface area contributed by atoms with Gasteiger partial charge in [0, 0.05) is 16.9 Å². The third-order valence-corrected chi connectivity index (χ3v) is 3.88. The Morgan fingerprint density at radius 3 is 3.00 bits per heavy atom. The quantitative estimate of drug-likeness (QED) is 0.940. The molecule has 1 aliphatic rings. The Hall–Kier alpha value is -1.95. The Morgan fingerprint density at radius 1 is 1.50 bits per heavy atom. The van der Waals surface area contributed by atoms with Crippen molar-refractivity contribution < 1.29 is 13.9 Å². The van der Waals surface area contributed by atoms with Gasteiger partial charge in [-0.25, -0.2) is 9.37 Å². The normalized spacial score (nSPS) is 14.1. The maximum absolute atomic E-state index is 13.4. The Bertz CT molecular complexity index is 652. The fraction of sp³-hybridized carbons (Fsp3) is 0.286. The molecule has 4 nitrogen and oxygen atoms in total. The van der Waals surface area contributed by atoms with Gasteiger partial charge in [0.1, 0.15) is 11.6 Å². The summed E-state index contributed by atoms with van der Waals surface area (Å²) in [5.41, 5.74) is 1.17. The number of nitrogens with zero attached hydrogens (tertiary/aromatic N) is 1. The van der Waals surface area contributed by atoms with Crippen molar-refractivity contribution in [3.8, 4) is 17.0 Å². The van der Waals surface area contributed by atoms with E-state index in [1.807, 2.05) is 0 Å². The van der Waals surface area contributed by atoms with Crippen molar-refractivity contribution in [3.63, 3.8) is 0 Å². The van der Waals surface area contributed by atoms with Gasteiger partial charge in [-0.2, -0.15) is 0 Å². The largest absolute Gasteiger partial charge is 0.496 e. The Kier molecular flexibility index (Phi) is 3.40. The summed E-state index contributed by atoms with van der Waals surface area (Å²) in [5, 5.41) is 5.09. The number of aromatic nitrogens is 1. The Balaban J connectivity index is 1.85. The molecular formula is C14H13FN2O2S. The average Bonchev–Trinajstić information content (AvgIpc) is 3.20. The van der Waals surface area contributed by atoms with E-state index in [0.29, 0.717) is 22.1 Å². The first-order valence-corrected chi connectivity index (χ1v) is 7.15. The van der Waals surface area contributed by atoms with Gasteiger partial charge < -0.3 is 10.1 Å². The molecule has 20 heavy (non-hydrogen) atoms. The molecule has 0 saturated heterocycles. The molecule has 1 fully saturated rings. The molecule has 0 unspecified atom stereocenters. The SMILES string of the molecule is COc1ccc(F)cc1-c1csc(NC(=O)C2CC2)n1. The van der Waals surface area contributed by atoms with Gasteiger partial charge in [-0.05, 0) is 31.0 Å². The highest BCUT2D eigenvalue weighted by Gasteiger charge is 2.30. The van der Waals surface area contributed by atoms with Crippen molar-refractivity contribution in [2.24, 2.45) is 5.92 Å². The van der Waals surface area contributed by atoms with Gasteiger partial charge in [0.15, 0.2) is 5.13 Å². The monoisotopic (exact) mass is 292 g/mol. The van der Waals surface area contributed by atoms with Gasteiger partial charge in [0.2, 0.25) is 5.91 Å². The summed E-state index contributed by atoms with van der Waals surface area (Å²) in [7, 11) is 1.53. The first kappa shape index (κ1) is 13.1. The van der Waals surface area contributed by atoms with Crippen LogP contribution in [0, 0.1) is 11.7 Å². The van der Waals surface area contributed by atoms with Crippen LogP contribution in [0.25, 0.3) is 11.3 Å². The molecule has 3 rings (SSSR count). The van der Waals surface area contributed by atoms with E-state index in [9.17, 15) is 9.18 Å². The number of methoxy groups -OCH3 is 1. The zero-order valence-electron chi connectivity index (χ0n) is 10.9. The number of anilines is 1. The van der Waals surface area contributed by atoms with Crippen LogP contribution in [0.2, 0.25) is 0 Å². The Morgan fingerprint density at radius 2 is 2.30 bits per heavy atom. The molecule has 104 valence electrons. The van der Waals surface area contributed by atoms with Gasteiger partial charge in [-0.15, -0.1) is 11.3 Å². The smallest absolute Gasteiger partial charge is 0.229 e. The second-order valence-corrected chi connectivity index (χ2v) is 5.50. The summed E-state index contributed by atoms with van der Waals surface area (Å²) in [6.45, 7) is 0. The van der Waals surface area contributed by atoms with E-state index in [-0.39, 0.29) is 17.6 Å². The molecule has 1 saturated carbocycles. The van der Waals surface area contributed by atoms with Crippen LogP contribution in [0.3, 0.4) is 0 Å². The van der Waals surface area contributed by atoms with Crippen molar-refractivity contribution in [1.29, 1.82) is 0 Å². The number of thiazole rings is 1. The zero-order valence-corrected chi connectivity index (χ0v) is 11.7. The lowest BCUT2D eigenvalue weighted by atomic mass is 10.1. The first-order chi connectivity index (χ1) is 9.67. The van der Waals surface area contributed by atoms with Crippen molar-refractivity contribution in [3.05, 3.63) is 29.4 Å². The molecule has 1 aliphatic carbocycles. The summed E-state index contributed by atoms with van der Waals surface area (Å²) in [5.74, 6) is 0.345. The Labute approximate surface area is 119 Å². The summed E-state index contributed by atoms with van der Waals surface area (Å²) in [4.78, 5) is 16.0. The topological polar surface area (TPSA) is 51.2 Å². The molecule has 1 amide bonds. The molecule has 0 bridgehead atoms. The van der Waals surface area contributed by atoms with Gasteiger partial charge >= 0.3 is 0 Å². The minimum Gasteiger partial charge on any atom is -0.496 e. The van der Waals surface area contributed by atoms with Crippen LogP contribution in [-0.4, -0.2) is 18.0 Å². The lowest BCUT2D eigenvalue weighted by Gasteiger charge is -2.05. The predicted molar refractivity (Wildman–Crippen MR) is 75.4 cm³/mol. The summed E-state index contributed by atoms with van der Waals surface area (Å²) >= 11 is 1.32. The maximum Gasteiger partial charge on any atom is 0.229 e. The van der Waals surface area contributed by atoms with Gasteiger partial charge in [-0.3, -0.25) is 4.79 Å². The molecule has 2 aromatic rings. The molecule has 6 heteroatoms. The van der Waals surface area contributed by atoms with Crippen LogP contribution in [0.4, 0.5) is 9.52 Å². The minimum atomic E-state index is -0.350. The number of benzene rings is 1. The van der Waals surface area contributed by atoms with E-state index >= 15 is 0 Å². The number of hydrogen-bond donors (Lipinski definition) is 1. The fourth-order valence-corrected chi connectivity index (χ4v) is 2.60. The lowest BCUT2D eigenvalue weighted by molar-refractivity contribution is -0.117. The van der Waals surface area contributed by atoms with Crippen molar-refractivity contribution >= 4 is 22.4 Å². The molecule has 0 aliphatic heterocycles. The summed E-state index contributed by atoms with van der Waals surface area (Å²) in [6.07, 6.45) is 1.89. The number of halogens is 1. The second-order valence-electron chi connectivity index (χ2n) is 4.65. The van der Waals surface area contributed by atoms with E-state index in [4.69, 9.17) is 4.74 Å². The highest BCUT2D eigenvalue weighted by atomic mass is 32.1. The zero-order chi connectivity index (χ0) is 14.1. The molecular weight excluding hydrogens is 279 g/mol. The van der Waals surface area contributed by atoms with Crippen molar-refractivity contribution in [1.82, 2.24) is 4.98 Å². The average molecular weight is 292 g/mol. The van der Waals surface area contributed by atoms with Crippen molar-refractivity contribution in [2.45, 2.75) is 12.8 Å². The van der Waals surface area contributed by atoms with Crippen LogP contribution in [-0.2, 0) is 4.79 Å². The molecule has 1 heterocycles. The molecule has 0 atom stereocenters. The van der Waals surface area contributed by atoms with E-state index in [2.05, 4.69) is 10.3 Å². The van der Waals surface area contributed by atoms with Gasteiger partial charge in [0.25, 0.3) is 0 Å². The van der Waals surface area contributed by atoms with Gasteiger partial charge in [0.05, 0.1) is 12.8 Å². The van der Waals surface area contributed by atoms with Crippen molar-refractivity contribution in [2.75, 3.05) is 12.4 Å². The third-order valence-electron chi connectivity index (χ3n) is 3.12. The van der Waals surface area contributed by atoms with E-state index in [1.54, 1.807) is 11.4 Å². The highest BCUT2D eigenvalue weighted by Crippen LogP contribution is 2.34. The summed E-state index contributed by atoms with van der Waals surface area (Å²) in [6, 6.07) is 4.28. The number of nitrogens with one attached hydrogen (secondary N) is 1. The second kappa shape index (κ2) is 5.20. The number of amides is 1. The number of carbonyl (C=O) groups is 1. The number of hydrogen-bond acceptors (Lipinski definition) is 4. The highest BCUT2D eigenvalue weighted by molar-refractivity contribution is 7.14. The van der Waals surface area contributed by atoms with Crippen LogP contribution in [0.5, 0.6) is 5.75 Å². The minimum absolute atomic E-state index is 0.0112. The van der Waals surface area contributed by atoms with E-state index < -0.39 is 0 Å².